The van der Waals surface area contributed by atoms with Gasteiger partial charge in [-0.3, -0.25) is 5.43 Å². The molecule has 1 rings (SSSR count). The first-order chi connectivity index (χ1) is 7.17. The number of carbonyl (C=O) groups is 1. The van der Waals surface area contributed by atoms with Crippen LogP contribution in [0.2, 0.25) is 0 Å². The van der Waals surface area contributed by atoms with Crippen molar-refractivity contribution in [1.29, 1.82) is 0 Å². The Morgan fingerprint density at radius 2 is 2.33 bits per heavy atom. The topological polar surface area (TPSA) is 67.6 Å². The summed E-state index contributed by atoms with van der Waals surface area (Å²) in [6.45, 7) is 0.486. The summed E-state index contributed by atoms with van der Waals surface area (Å²) in [7, 11) is 3.27. The van der Waals surface area contributed by atoms with Gasteiger partial charge < -0.3 is 9.64 Å². The second-order valence-corrected chi connectivity index (χ2v) is 3.16. The molecule has 2 amide bonds. The van der Waals surface area contributed by atoms with Crippen LogP contribution in [0.25, 0.3) is 0 Å². The van der Waals surface area contributed by atoms with E-state index in [0.29, 0.717) is 6.54 Å². The average molecular weight is 209 g/mol. The molecule has 82 valence electrons. The summed E-state index contributed by atoms with van der Waals surface area (Å²) in [4.78, 5) is 12.6. The standard InChI is InChI=1S/C10H15N3O2/c1-13(10(14)12-11)7-8-4-3-5-9(6-8)15-2/h3-6H,7,11H2,1-2H3,(H,12,14). The van der Waals surface area contributed by atoms with E-state index < -0.39 is 0 Å². The Labute approximate surface area is 88.8 Å². The number of methoxy groups -OCH3 is 1. The zero-order valence-electron chi connectivity index (χ0n) is 8.86. The van der Waals surface area contributed by atoms with Crippen LogP contribution >= 0.6 is 0 Å². The fourth-order valence-electron chi connectivity index (χ4n) is 1.23. The molecule has 0 atom stereocenters. The van der Waals surface area contributed by atoms with Crippen LogP contribution in [-0.2, 0) is 6.54 Å². The fraction of sp³-hybridized carbons (Fsp3) is 0.300. The molecular weight excluding hydrogens is 194 g/mol. The van der Waals surface area contributed by atoms with E-state index >= 15 is 0 Å². The summed E-state index contributed by atoms with van der Waals surface area (Å²) in [5, 5.41) is 0. The molecule has 0 unspecified atom stereocenters. The summed E-state index contributed by atoms with van der Waals surface area (Å²) in [5.74, 6) is 5.79. The Morgan fingerprint density at radius 3 is 2.93 bits per heavy atom. The molecule has 5 nitrogen and oxygen atoms in total. The number of amides is 2. The molecule has 0 radical (unpaired) electrons. The minimum absolute atomic E-state index is 0.321. The number of nitrogens with one attached hydrogen (secondary N) is 1. The van der Waals surface area contributed by atoms with Gasteiger partial charge in [0.1, 0.15) is 5.75 Å². The number of hydrogen-bond acceptors (Lipinski definition) is 3. The van der Waals surface area contributed by atoms with Gasteiger partial charge in [0, 0.05) is 13.6 Å². The lowest BCUT2D eigenvalue weighted by Gasteiger charge is -2.16. The van der Waals surface area contributed by atoms with E-state index in [1.807, 2.05) is 24.3 Å². The van der Waals surface area contributed by atoms with Crippen LogP contribution in [0, 0.1) is 0 Å². The van der Waals surface area contributed by atoms with Crippen molar-refractivity contribution in [2.75, 3.05) is 14.2 Å². The molecule has 1 aromatic carbocycles. The van der Waals surface area contributed by atoms with Crippen LogP contribution in [0.5, 0.6) is 5.75 Å². The summed E-state index contributed by atoms with van der Waals surface area (Å²) >= 11 is 0. The summed E-state index contributed by atoms with van der Waals surface area (Å²) in [5.41, 5.74) is 3.06. The third-order valence-electron chi connectivity index (χ3n) is 2.02. The molecule has 0 saturated heterocycles. The number of nitrogens with two attached hydrogens (primary N) is 1. The molecule has 0 aliphatic carbocycles. The molecule has 0 aliphatic heterocycles. The molecular formula is C10H15N3O2. The first-order valence-electron chi connectivity index (χ1n) is 4.52. The third-order valence-corrected chi connectivity index (χ3v) is 2.02. The van der Waals surface area contributed by atoms with Gasteiger partial charge in [-0.25, -0.2) is 10.6 Å². The summed E-state index contributed by atoms with van der Waals surface area (Å²) in [6.07, 6.45) is 0. The fourth-order valence-corrected chi connectivity index (χ4v) is 1.23. The number of benzene rings is 1. The largest absolute Gasteiger partial charge is 0.497 e. The normalized spacial score (nSPS) is 9.53. The second-order valence-electron chi connectivity index (χ2n) is 3.16. The Hall–Kier alpha value is -1.75. The maximum atomic E-state index is 11.1. The molecule has 0 aromatic heterocycles. The first-order valence-corrected chi connectivity index (χ1v) is 4.52. The molecule has 0 fully saturated rings. The van der Waals surface area contributed by atoms with Gasteiger partial charge in [-0.15, -0.1) is 0 Å². The van der Waals surface area contributed by atoms with E-state index in [2.05, 4.69) is 5.43 Å². The van der Waals surface area contributed by atoms with Crippen molar-refractivity contribution in [1.82, 2.24) is 10.3 Å². The van der Waals surface area contributed by atoms with Crippen molar-refractivity contribution in [3.63, 3.8) is 0 Å². The van der Waals surface area contributed by atoms with Crippen LogP contribution in [0.15, 0.2) is 24.3 Å². The van der Waals surface area contributed by atoms with Gasteiger partial charge in [0.05, 0.1) is 7.11 Å². The second kappa shape index (κ2) is 5.21. The predicted molar refractivity (Wildman–Crippen MR) is 57.2 cm³/mol. The van der Waals surface area contributed by atoms with Crippen molar-refractivity contribution in [2.45, 2.75) is 6.54 Å². The monoisotopic (exact) mass is 209 g/mol. The van der Waals surface area contributed by atoms with Crippen molar-refractivity contribution in [3.8, 4) is 5.75 Å². The molecule has 0 saturated carbocycles. The number of ether oxygens (including phenoxy) is 1. The van der Waals surface area contributed by atoms with Crippen LogP contribution in [0.4, 0.5) is 4.79 Å². The van der Waals surface area contributed by atoms with Gasteiger partial charge in [0.2, 0.25) is 0 Å². The quantitative estimate of drug-likeness (QED) is 0.437. The molecule has 5 heteroatoms. The lowest BCUT2D eigenvalue weighted by molar-refractivity contribution is 0.207. The van der Waals surface area contributed by atoms with E-state index in [1.165, 1.54) is 4.90 Å². The molecule has 1 aromatic rings. The Balaban J connectivity index is 2.67. The molecule has 0 aliphatic rings. The SMILES string of the molecule is COc1cccc(CN(C)C(=O)NN)c1. The van der Waals surface area contributed by atoms with Gasteiger partial charge in [0.25, 0.3) is 0 Å². The third kappa shape index (κ3) is 3.14. The van der Waals surface area contributed by atoms with E-state index in [0.717, 1.165) is 11.3 Å². The number of hydrogen-bond donors (Lipinski definition) is 2. The van der Waals surface area contributed by atoms with Crippen LogP contribution < -0.4 is 16.0 Å². The Kier molecular flexibility index (Phi) is 3.93. The lowest BCUT2D eigenvalue weighted by atomic mass is 10.2. The van der Waals surface area contributed by atoms with Crippen molar-refractivity contribution in [3.05, 3.63) is 29.8 Å². The van der Waals surface area contributed by atoms with Gasteiger partial charge in [0.15, 0.2) is 0 Å². The maximum Gasteiger partial charge on any atom is 0.331 e. The van der Waals surface area contributed by atoms with Gasteiger partial charge in [-0.1, -0.05) is 12.1 Å². The highest BCUT2D eigenvalue weighted by Crippen LogP contribution is 2.13. The average Bonchev–Trinajstić information content (AvgIpc) is 2.28. The van der Waals surface area contributed by atoms with Crippen molar-refractivity contribution < 1.29 is 9.53 Å². The highest BCUT2D eigenvalue weighted by atomic mass is 16.5. The van der Waals surface area contributed by atoms with E-state index in [4.69, 9.17) is 10.6 Å². The highest BCUT2D eigenvalue weighted by Gasteiger charge is 2.06. The Morgan fingerprint density at radius 1 is 1.60 bits per heavy atom. The predicted octanol–water partition coefficient (Wildman–Crippen LogP) is 0.710. The number of urea groups is 1. The van der Waals surface area contributed by atoms with E-state index in [9.17, 15) is 4.79 Å². The smallest absolute Gasteiger partial charge is 0.331 e. The highest BCUT2D eigenvalue weighted by molar-refractivity contribution is 5.73. The first kappa shape index (κ1) is 11.3. The molecule has 15 heavy (non-hydrogen) atoms. The minimum atomic E-state index is -0.321. The van der Waals surface area contributed by atoms with E-state index in [-0.39, 0.29) is 6.03 Å². The van der Waals surface area contributed by atoms with Gasteiger partial charge in [-0.05, 0) is 17.7 Å². The molecule has 0 spiro atoms. The number of carbonyl (C=O) groups excluding carboxylic acids is 1. The van der Waals surface area contributed by atoms with Crippen LogP contribution in [-0.4, -0.2) is 25.1 Å². The molecule has 0 bridgehead atoms. The number of hydrazine groups is 1. The van der Waals surface area contributed by atoms with E-state index in [1.54, 1.807) is 14.2 Å². The maximum absolute atomic E-state index is 11.1. The minimum Gasteiger partial charge on any atom is -0.497 e. The van der Waals surface area contributed by atoms with Crippen LogP contribution in [0.3, 0.4) is 0 Å². The van der Waals surface area contributed by atoms with Crippen molar-refractivity contribution >= 4 is 6.03 Å². The lowest BCUT2D eigenvalue weighted by Crippen LogP contribution is -2.40. The van der Waals surface area contributed by atoms with Crippen molar-refractivity contribution in [2.24, 2.45) is 5.84 Å². The summed E-state index contributed by atoms with van der Waals surface area (Å²) < 4.78 is 5.08. The zero-order valence-corrected chi connectivity index (χ0v) is 8.86. The number of nitrogens with zero attached hydrogens (tertiary/aromatic N) is 1. The number of rotatable bonds is 3. The van der Waals surface area contributed by atoms with Gasteiger partial charge in [-0.2, -0.15) is 0 Å². The summed E-state index contributed by atoms with van der Waals surface area (Å²) in [6, 6.07) is 7.20. The Bertz CT molecular complexity index is 341. The zero-order chi connectivity index (χ0) is 11.3. The molecule has 3 N–H and O–H groups in total. The molecule has 0 heterocycles. The van der Waals surface area contributed by atoms with Gasteiger partial charge >= 0.3 is 6.03 Å². The van der Waals surface area contributed by atoms with Crippen LogP contribution in [0.1, 0.15) is 5.56 Å².